The van der Waals surface area contributed by atoms with E-state index in [4.69, 9.17) is 6.42 Å². The Balaban J connectivity index is 2.70. The molecule has 1 atom stereocenters. The normalized spacial score (nSPS) is 20.9. The Morgan fingerprint density at radius 2 is 1.94 bits per heavy atom. The lowest BCUT2D eigenvalue weighted by Gasteiger charge is -2.37. The Morgan fingerprint density at radius 1 is 1.31 bits per heavy atom. The molecule has 16 heavy (non-hydrogen) atoms. The zero-order valence-corrected chi connectivity index (χ0v) is 11.2. The van der Waals surface area contributed by atoms with E-state index in [-0.39, 0.29) is 6.04 Å². The molecular formula is C15H27N. The molecule has 0 aromatic rings. The maximum atomic E-state index is 5.74. The lowest BCUT2D eigenvalue weighted by molar-refractivity contribution is 0.188. The molecule has 0 aromatic heterocycles. The van der Waals surface area contributed by atoms with Gasteiger partial charge in [0.15, 0.2) is 0 Å². The molecule has 1 heteroatoms. The van der Waals surface area contributed by atoms with Gasteiger partial charge in [-0.25, -0.2) is 0 Å². The summed E-state index contributed by atoms with van der Waals surface area (Å²) in [6, 6.07) is 0.289. The van der Waals surface area contributed by atoms with Crippen LogP contribution in [0.5, 0.6) is 0 Å². The third kappa shape index (κ3) is 3.25. The average molecular weight is 221 g/mol. The molecule has 1 aliphatic rings. The molecule has 1 saturated carbocycles. The predicted octanol–water partition coefficient (Wildman–Crippen LogP) is 3.59. The average Bonchev–Trinajstić information content (AvgIpc) is 2.67. The fourth-order valence-electron chi connectivity index (χ4n) is 3.24. The fourth-order valence-corrected chi connectivity index (χ4v) is 3.24. The Bertz CT molecular complexity index is 230. The van der Waals surface area contributed by atoms with Crippen molar-refractivity contribution < 1.29 is 0 Å². The van der Waals surface area contributed by atoms with Gasteiger partial charge in [0.05, 0.1) is 6.04 Å². The lowest BCUT2D eigenvalue weighted by Crippen LogP contribution is -2.44. The third-order valence-electron chi connectivity index (χ3n) is 3.79. The van der Waals surface area contributed by atoms with Crippen molar-refractivity contribution in [3.63, 3.8) is 0 Å². The van der Waals surface area contributed by atoms with E-state index in [1.807, 2.05) is 0 Å². The molecule has 0 bridgehead atoms. The monoisotopic (exact) mass is 221 g/mol. The van der Waals surface area contributed by atoms with Gasteiger partial charge in [0.1, 0.15) is 0 Å². The number of hydrogen-bond donors (Lipinski definition) is 1. The first-order valence-corrected chi connectivity index (χ1v) is 6.84. The molecule has 0 aromatic carbocycles. The molecule has 1 nitrogen and oxygen atoms in total. The van der Waals surface area contributed by atoms with Crippen LogP contribution in [-0.2, 0) is 0 Å². The molecule has 0 heterocycles. The highest BCUT2D eigenvalue weighted by molar-refractivity contribution is 5.10. The van der Waals surface area contributed by atoms with Crippen LogP contribution in [0.4, 0.5) is 0 Å². The minimum Gasteiger partial charge on any atom is -0.303 e. The molecule has 1 fully saturated rings. The van der Waals surface area contributed by atoms with Crippen LogP contribution in [0.25, 0.3) is 0 Å². The molecule has 0 aliphatic heterocycles. The highest BCUT2D eigenvalue weighted by atomic mass is 14.9. The Kier molecular flexibility index (Phi) is 5.35. The Labute approximate surface area is 101 Å². The Morgan fingerprint density at radius 3 is 2.38 bits per heavy atom. The lowest BCUT2D eigenvalue weighted by atomic mass is 9.73. The van der Waals surface area contributed by atoms with Crippen LogP contribution in [-0.4, -0.2) is 12.6 Å². The van der Waals surface area contributed by atoms with Gasteiger partial charge < -0.3 is 5.32 Å². The summed E-state index contributed by atoms with van der Waals surface area (Å²) in [6.07, 6.45) is 13.5. The van der Waals surface area contributed by atoms with E-state index in [1.165, 1.54) is 32.1 Å². The summed E-state index contributed by atoms with van der Waals surface area (Å²) in [5.74, 6) is 3.76. The first kappa shape index (κ1) is 13.6. The van der Waals surface area contributed by atoms with Gasteiger partial charge in [-0.3, -0.25) is 0 Å². The molecule has 92 valence electrons. The van der Waals surface area contributed by atoms with E-state index in [1.54, 1.807) is 0 Å². The Hall–Kier alpha value is -0.480. The van der Waals surface area contributed by atoms with Crippen molar-refractivity contribution in [3.05, 3.63) is 0 Å². The third-order valence-corrected chi connectivity index (χ3v) is 3.79. The second-order valence-electron chi connectivity index (χ2n) is 5.72. The summed E-state index contributed by atoms with van der Waals surface area (Å²) >= 11 is 0. The molecule has 0 spiro atoms. The predicted molar refractivity (Wildman–Crippen MR) is 71.3 cm³/mol. The van der Waals surface area contributed by atoms with Gasteiger partial charge in [-0.05, 0) is 43.6 Å². The van der Waals surface area contributed by atoms with Gasteiger partial charge in [-0.1, -0.05) is 39.5 Å². The smallest absolute Gasteiger partial charge is 0.0744 e. The van der Waals surface area contributed by atoms with Crippen LogP contribution in [0.2, 0.25) is 0 Å². The van der Waals surface area contributed by atoms with Crippen molar-refractivity contribution in [2.45, 2.75) is 65.3 Å². The second kappa shape index (κ2) is 6.30. The van der Waals surface area contributed by atoms with Gasteiger partial charge in [0, 0.05) is 0 Å². The van der Waals surface area contributed by atoms with Crippen molar-refractivity contribution in [3.8, 4) is 12.3 Å². The van der Waals surface area contributed by atoms with Gasteiger partial charge in [0.2, 0.25) is 0 Å². The van der Waals surface area contributed by atoms with Crippen molar-refractivity contribution in [1.29, 1.82) is 0 Å². The van der Waals surface area contributed by atoms with Gasteiger partial charge in [-0.15, -0.1) is 6.42 Å². The first-order valence-electron chi connectivity index (χ1n) is 6.84. The van der Waals surface area contributed by atoms with Gasteiger partial charge >= 0.3 is 0 Å². The summed E-state index contributed by atoms with van der Waals surface area (Å²) < 4.78 is 0. The van der Waals surface area contributed by atoms with Crippen LogP contribution < -0.4 is 5.32 Å². The molecule has 1 rings (SSSR count). The van der Waals surface area contributed by atoms with Crippen molar-refractivity contribution >= 4 is 0 Å². The minimum atomic E-state index is 0.289. The second-order valence-corrected chi connectivity index (χ2v) is 5.72. The minimum absolute atomic E-state index is 0.289. The number of nitrogens with one attached hydrogen (secondary N) is 1. The summed E-state index contributed by atoms with van der Waals surface area (Å²) in [4.78, 5) is 0. The van der Waals surface area contributed by atoms with Crippen molar-refractivity contribution in [2.75, 3.05) is 6.54 Å². The number of hydrogen-bond acceptors (Lipinski definition) is 1. The topological polar surface area (TPSA) is 12.0 Å². The van der Waals surface area contributed by atoms with Crippen LogP contribution >= 0.6 is 0 Å². The molecule has 1 N–H and O–H groups in total. The summed E-state index contributed by atoms with van der Waals surface area (Å²) in [5, 5.41) is 3.57. The SMILES string of the molecule is C#CC(NCCC)C1(CC(C)C)CCCC1. The van der Waals surface area contributed by atoms with Crippen LogP contribution in [0.15, 0.2) is 0 Å². The van der Waals surface area contributed by atoms with Gasteiger partial charge in [0.25, 0.3) is 0 Å². The zero-order chi connectivity index (χ0) is 12.0. The highest BCUT2D eigenvalue weighted by Gasteiger charge is 2.40. The van der Waals surface area contributed by atoms with E-state index in [9.17, 15) is 0 Å². The largest absolute Gasteiger partial charge is 0.303 e. The molecule has 0 amide bonds. The summed E-state index contributed by atoms with van der Waals surface area (Å²) in [5.41, 5.74) is 0.387. The number of rotatable bonds is 6. The number of terminal acetylenes is 1. The quantitative estimate of drug-likeness (QED) is 0.676. The van der Waals surface area contributed by atoms with Gasteiger partial charge in [-0.2, -0.15) is 0 Å². The van der Waals surface area contributed by atoms with Crippen LogP contribution in [0.1, 0.15) is 59.3 Å². The van der Waals surface area contributed by atoms with E-state index >= 15 is 0 Å². The van der Waals surface area contributed by atoms with E-state index < -0.39 is 0 Å². The van der Waals surface area contributed by atoms with Crippen molar-refractivity contribution in [1.82, 2.24) is 5.32 Å². The molecule has 1 aliphatic carbocycles. The standard InChI is InChI=1S/C15H27N/c1-5-11-16-14(6-2)15(12-13(3)4)9-7-8-10-15/h2,13-14,16H,5,7-12H2,1,3-4H3. The van der Waals surface area contributed by atoms with E-state index in [0.29, 0.717) is 5.41 Å². The first-order chi connectivity index (χ1) is 7.64. The zero-order valence-electron chi connectivity index (χ0n) is 11.2. The summed E-state index contributed by atoms with van der Waals surface area (Å²) in [6.45, 7) is 7.87. The molecular weight excluding hydrogens is 194 g/mol. The molecule has 0 radical (unpaired) electrons. The fraction of sp³-hybridized carbons (Fsp3) is 0.867. The van der Waals surface area contributed by atoms with Crippen LogP contribution in [0.3, 0.4) is 0 Å². The highest BCUT2D eigenvalue weighted by Crippen LogP contribution is 2.45. The maximum Gasteiger partial charge on any atom is 0.0744 e. The summed E-state index contributed by atoms with van der Waals surface area (Å²) in [7, 11) is 0. The van der Waals surface area contributed by atoms with E-state index in [0.717, 1.165) is 18.9 Å². The maximum absolute atomic E-state index is 5.74. The van der Waals surface area contributed by atoms with E-state index in [2.05, 4.69) is 32.0 Å². The molecule has 1 unspecified atom stereocenters. The van der Waals surface area contributed by atoms with Crippen molar-refractivity contribution in [2.24, 2.45) is 11.3 Å². The van der Waals surface area contributed by atoms with Crippen LogP contribution in [0, 0.1) is 23.7 Å². The molecule has 0 saturated heterocycles.